The predicted octanol–water partition coefficient (Wildman–Crippen LogP) is 0.864. The lowest BCUT2D eigenvalue weighted by Gasteiger charge is -2.32. The second-order valence-electron chi connectivity index (χ2n) is 5.13. The lowest BCUT2D eigenvalue weighted by atomic mass is 9.79. The minimum absolute atomic E-state index is 0.260. The summed E-state index contributed by atoms with van der Waals surface area (Å²) >= 11 is 0. The largest absolute Gasteiger partial charge is 0.502 e. The zero-order valence-electron chi connectivity index (χ0n) is 10.3. The molecular formula is C10H17BN2O3. The molecule has 0 spiro atoms. The molecular weight excluding hydrogens is 207 g/mol. The van der Waals surface area contributed by atoms with Crippen molar-refractivity contribution in [3.05, 3.63) is 5.69 Å². The Labute approximate surface area is 95.4 Å². The van der Waals surface area contributed by atoms with Crippen LogP contribution in [0.25, 0.3) is 0 Å². The molecule has 2 heterocycles. The number of nitrogens with zero attached hydrogens (tertiary/aromatic N) is 1. The maximum absolute atomic E-state index is 5.87. The maximum Gasteiger partial charge on any atom is 0.502 e. The first-order valence-corrected chi connectivity index (χ1v) is 5.32. The van der Waals surface area contributed by atoms with Gasteiger partial charge in [-0.1, -0.05) is 5.16 Å². The highest BCUT2D eigenvalue weighted by molar-refractivity contribution is 6.64. The summed E-state index contributed by atoms with van der Waals surface area (Å²) in [6.45, 7) is 9.79. The Morgan fingerprint density at radius 1 is 1.12 bits per heavy atom. The molecule has 0 radical (unpaired) electrons. The molecule has 1 aromatic heterocycles. The number of rotatable bonds is 1. The lowest BCUT2D eigenvalue weighted by molar-refractivity contribution is 0.00578. The fourth-order valence-electron chi connectivity index (χ4n) is 1.64. The van der Waals surface area contributed by atoms with E-state index in [1.807, 2.05) is 34.6 Å². The summed E-state index contributed by atoms with van der Waals surface area (Å²) in [6, 6.07) is 0. The van der Waals surface area contributed by atoms with E-state index < -0.39 is 7.12 Å². The van der Waals surface area contributed by atoms with E-state index in [-0.39, 0.29) is 17.1 Å². The van der Waals surface area contributed by atoms with E-state index in [1.165, 1.54) is 0 Å². The number of hydrogen-bond donors (Lipinski definition) is 1. The Kier molecular flexibility index (Phi) is 2.33. The van der Waals surface area contributed by atoms with E-state index in [0.29, 0.717) is 11.2 Å². The third-order valence-electron chi connectivity index (χ3n) is 3.43. The van der Waals surface area contributed by atoms with E-state index in [9.17, 15) is 0 Å². The van der Waals surface area contributed by atoms with Crippen molar-refractivity contribution in [3.63, 3.8) is 0 Å². The molecule has 0 aliphatic carbocycles. The zero-order valence-corrected chi connectivity index (χ0v) is 10.3. The molecule has 1 aliphatic rings. The van der Waals surface area contributed by atoms with E-state index in [0.717, 1.165) is 0 Å². The van der Waals surface area contributed by atoms with Crippen LogP contribution in [0, 0.1) is 6.92 Å². The summed E-state index contributed by atoms with van der Waals surface area (Å²) in [5.74, 6) is 0.260. The third-order valence-corrected chi connectivity index (χ3v) is 3.43. The average Bonchev–Trinajstić information content (AvgIpc) is 2.52. The molecule has 1 fully saturated rings. The minimum Gasteiger partial charge on any atom is -0.399 e. The fourth-order valence-corrected chi connectivity index (χ4v) is 1.64. The van der Waals surface area contributed by atoms with Crippen molar-refractivity contribution in [2.45, 2.75) is 45.8 Å². The highest BCUT2D eigenvalue weighted by atomic mass is 16.7. The van der Waals surface area contributed by atoms with Crippen LogP contribution in [0.4, 0.5) is 5.88 Å². The van der Waals surface area contributed by atoms with Gasteiger partial charge in [-0.15, -0.1) is 0 Å². The Morgan fingerprint density at radius 2 is 1.62 bits per heavy atom. The SMILES string of the molecule is Cc1noc(N)c1B1OC(C)(C)C(C)(C)O1. The quantitative estimate of drug-likeness (QED) is 0.716. The van der Waals surface area contributed by atoms with Gasteiger partial charge in [0.2, 0.25) is 5.88 Å². The first-order valence-electron chi connectivity index (χ1n) is 5.32. The fraction of sp³-hybridized carbons (Fsp3) is 0.700. The molecule has 1 saturated heterocycles. The van der Waals surface area contributed by atoms with Gasteiger partial charge in [0.1, 0.15) is 0 Å². The molecule has 0 atom stereocenters. The topological polar surface area (TPSA) is 70.5 Å². The number of aryl methyl sites for hydroxylation is 1. The molecule has 0 aromatic carbocycles. The first-order chi connectivity index (χ1) is 7.24. The number of aromatic nitrogens is 1. The second kappa shape index (κ2) is 3.24. The van der Waals surface area contributed by atoms with E-state index in [1.54, 1.807) is 0 Å². The summed E-state index contributed by atoms with van der Waals surface area (Å²) in [5.41, 5.74) is 6.34. The van der Waals surface area contributed by atoms with Gasteiger partial charge >= 0.3 is 7.12 Å². The van der Waals surface area contributed by atoms with Crippen molar-refractivity contribution >= 4 is 18.5 Å². The van der Waals surface area contributed by atoms with Crippen molar-refractivity contribution in [3.8, 4) is 0 Å². The molecule has 0 bridgehead atoms. The van der Waals surface area contributed by atoms with Gasteiger partial charge in [-0.3, -0.25) is 0 Å². The zero-order chi connectivity index (χ0) is 12.1. The number of nitrogen functional groups attached to an aromatic ring is 1. The third kappa shape index (κ3) is 1.53. The number of nitrogens with two attached hydrogens (primary N) is 1. The smallest absolute Gasteiger partial charge is 0.399 e. The molecule has 88 valence electrons. The highest BCUT2D eigenvalue weighted by Gasteiger charge is 2.53. The van der Waals surface area contributed by atoms with Crippen molar-refractivity contribution in [1.29, 1.82) is 0 Å². The van der Waals surface area contributed by atoms with Crippen LogP contribution in [0.2, 0.25) is 0 Å². The molecule has 0 unspecified atom stereocenters. The molecule has 1 aromatic rings. The summed E-state index contributed by atoms with van der Waals surface area (Å²) in [7, 11) is -0.503. The molecule has 1 aliphatic heterocycles. The summed E-state index contributed by atoms with van der Waals surface area (Å²) < 4.78 is 16.6. The summed E-state index contributed by atoms with van der Waals surface area (Å²) in [4.78, 5) is 0. The number of hydrogen-bond acceptors (Lipinski definition) is 5. The van der Waals surface area contributed by atoms with Crippen molar-refractivity contribution < 1.29 is 13.8 Å². The van der Waals surface area contributed by atoms with Crippen molar-refractivity contribution in [2.75, 3.05) is 5.73 Å². The van der Waals surface area contributed by atoms with Crippen LogP contribution in [0.5, 0.6) is 0 Å². The monoisotopic (exact) mass is 224 g/mol. The minimum atomic E-state index is -0.503. The van der Waals surface area contributed by atoms with Crippen LogP contribution in [0.1, 0.15) is 33.4 Å². The Bertz CT molecular complexity index is 379. The molecule has 6 heteroatoms. The van der Waals surface area contributed by atoms with Gasteiger partial charge in [-0.2, -0.15) is 0 Å². The van der Waals surface area contributed by atoms with Crippen LogP contribution < -0.4 is 11.2 Å². The van der Waals surface area contributed by atoms with Gasteiger partial charge in [-0.25, -0.2) is 0 Å². The summed E-state index contributed by atoms with van der Waals surface area (Å²) in [5, 5.41) is 3.80. The van der Waals surface area contributed by atoms with Crippen LogP contribution >= 0.6 is 0 Å². The molecule has 0 amide bonds. The van der Waals surface area contributed by atoms with Crippen LogP contribution in [-0.2, 0) is 9.31 Å². The van der Waals surface area contributed by atoms with Gasteiger partial charge in [0, 0.05) is 0 Å². The van der Waals surface area contributed by atoms with Crippen molar-refractivity contribution in [2.24, 2.45) is 0 Å². The second-order valence-corrected chi connectivity index (χ2v) is 5.13. The van der Waals surface area contributed by atoms with E-state index >= 15 is 0 Å². The standard InChI is InChI=1S/C10H17BN2O3/c1-6-7(8(12)14-13-6)11-15-9(2,3)10(4,5)16-11/h12H2,1-5H3. The Balaban J connectivity index is 2.34. The lowest BCUT2D eigenvalue weighted by Crippen LogP contribution is -2.41. The first kappa shape index (κ1) is 11.5. The van der Waals surface area contributed by atoms with E-state index in [4.69, 9.17) is 19.6 Å². The summed E-state index contributed by atoms with van der Waals surface area (Å²) in [6.07, 6.45) is 0. The van der Waals surface area contributed by atoms with E-state index in [2.05, 4.69) is 5.16 Å². The average molecular weight is 224 g/mol. The van der Waals surface area contributed by atoms with Crippen molar-refractivity contribution in [1.82, 2.24) is 5.16 Å². The highest BCUT2D eigenvalue weighted by Crippen LogP contribution is 2.37. The van der Waals surface area contributed by atoms with Gasteiger partial charge in [-0.05, 0) is 34.6 Å². The van der Waals surface area contributed by atoms with Crippen LogP contribution in [-0.4, -0.2) is 23.5 Å². The van der Waals surface area contributed by atoms with Gasteiger partial charge in [0.25, 0.3) is 0 Å². The molecule has 2 N–H and O–H groups in total. The van der Waals surface area contributed by atoms with Crippen LogP contribution in [0.15, 0.2) is 4.52 Å². The Morgan fingerprint density at radius 3 is 2.00 bits per heavy atom. The van der Waals surface area contributed by atoms with Gasteiger partial charge < -0.3 is 19.6 Å². The van der Waals surface area contributed by atoms with Crippen LogP contribution in [0.3, 0.4) is 0 Å². The normalized spacial score (nSPS) is 22.7. The molecule has 16 heavy (non-hydrogen) atoms. The number of anilines is 1. The van der Waals surface area contributed by atoms with Gasteiger partial charge in [0.05, 0.1) is 22.4 Å². The predicted molar refractivity (Wildman–Crippen MR) is 61.4 cm³/mol. The molecule has 2 rings (SSSR count). The van der Waals surface area contributed by atoms with Gasteiger partial charge in [0.15, 0.2) is 0 Å². The molecule has 0 saturated carbocycles. The molecule has 5 nitrogen and oxygen atoms in total. The maximum atomic E-state index is 5.87. The Hall–Kier alpha value is -1.01.